The summed E-state index contributed by atoms with van der Waals surface area (Å²) in [5, 5.41) is 6.31. The van der Waals surface area contributed by atoms with Crippen LogP contribution in [-0.4, -0.2) is 31.2 Å². The van der Waals surface area contributed by atoms with E-state index >= 15 is 0 Å². The largest absolute Gasteiger partial charge is 0.371 e. The first-order valence-corrected chi connectivity index (χ1v) is 6.51. The van der Waals surface area contributed by atoms with E-state index in [1.807, 2.05) is 30.3 Å². The molecule has 0 aliphatic carbocycles. The molecule has 2 heterocycles. The normalized spacial score (nSPS) is 30.1. The van der Waals surface area contributed by atoms with Crippen molar-refractivity contribution in [2.24, 2.45) is 5.92 Å². The van der Waals surface area contributed by atoms with Gasteiger partial charge in [-0.1, -0.05) is 30.3 Å². The maximum absolute atomic E-state index is 12.1. The van der Waals surface area contributed by atoms with Crippen LogP contribution in [0.5, 0.6) is 0 Å². The summed E-state index contributed by atoms with van der Waals surface area (Å²) in [6.45, 7) is 2.26. The summed E-state index contributed by atoms with van der Waals surface area (Å²) in [5.41, 5.74) is 1.13. The third kappa shape index (κ3) is 2.40. The van der Waals surface area contributed by atoms with Gasteiger partial charge in [-0.2, -0.15) is 0 Å². The molecule has 1 amide bonds. The summed E-state index contributed by atoms with van der Waals surface area (Å²) < 4.78 is 5.76. The van der Waals surface area contributed by atoms with Crippen LogP contribution >= 0.6 is 0 Å². The summed E-state index contributed by atoms with van der Waals surface area (Å²) in [6.07, 6.45) is 1.12. The average Bonchev–Trinajstić information content (AvgIpc) is 2.72. The number of morpholine rings is 1. The molecule has 0 aromatic heterocycles. The lowest BCUT2D eigenvalue weighted by atomic mass is 9.99. The van der Waals surface area contributed by atoms with Crippen molar-refractivity contribution in [3.63, 3.8) is 0 Å². The third-order valence-electron chi connectivity index (χ3n) is 3.70. The predicted octanol–water partition coefficient (Wildman–Crippen LogP) is 0.680. The smallest absolute Gasteiger partial charge is 0.226 e. The quantitative estimate of drug-likeness (QED) is 0.824. The van der Waals surface area contributed by atoms with Gasteiger partial charge in [-0.05, 0) is 12.0 Å². The molecule has 2 aliphatic heterocycles. The molecule has 96 valence electrons. The van der Waals surface area contributed by atoms with Crippen LogP contribution < -0.4 is 10.6 Å². The maximum atomic E-state index is 12.1. The Balaban J connectivity index is 1.56. The number of hydrogen-bond acceptors (Lipinski definition) is 3. The van der Waals surface area contributed by atoms with Gasteiger partial charge in [0.25, 0.3) is 0 Å². The lowest BCUT2D eigenvalue weighted by Gasteiger charge is -2.22. The van der Waals surface area contributed by atoms with E-state index in [0.29, 0.717) is 6.54 Å². The Hall–Kier alpha value is -1.39. The van der Waals surface area contributed by atoms with Gasteiger partial charge in [0, 0.05) is 19.6 Å². The SMILES string of the molecule is O=C(NCc1ccccc1)[C@H]1C[C@@H]2CNC[C@H]1O2. The third-order valence-corrected chi connectivity index (χ3v) is 3.70. The Labute approximate surface area is 107 Å². The molecular weight excluding hydrogens is 228 g/mol. The van der Waals surface area contributed by atoms with Crippen molar-refractivity contribution in [1.29, 1.82) is 0 Å². The molecule has 2 saturated heterocycles. The van der Waals surface area contributed by atoms with Crippen LogP contribution in [0.3, 0.4) is 0 Å². The molecule has 1 aromatic rings. The van der Waals surface area contributed by atoms with Gasteiger partial charge in [0.15, 0.2) is 0 Å². The molecule has 4 heteroatoms. The van der Waals surface area contributed by atoms with Gasteiger partial charge in [0.2, 0.25) is 5.91 Å². The molecule has 4 nitrogen and oxygen atoms in total. The Morgan fingerprint density at radius 1 is 1.33 bits per heavy atom. The summed E-state index contributed by atoms with van der Waals surface area (Å²) in [5.74, 6) is 0.128. The van der Waals surface area contributed by atoms with E-state index in [1.54, 1.807) is 0 Å². The van der Waals surface area contributed by atoms with Gasteiger partial charge < -0.3 is 15.4 Å². The second-order valence-electron chi connectivity index (χ2n) is 5.00. The standard InChI is InChI=1S/C14H18N2O2/c17-14(16-7-10-4-2-1-3-5-10)12-6-11-8-15-9-13(12)18-11/h1-5,11-13,15H,6-9H2,(H,16,17)/t11-,12+,13-/m1/s1. The van der Waals surface area contributed by atoms with Crippen molar-refractivity contribution >= 4 is 5.91 Å². The monoisotopic (exact) mass is 246 g/mol. The highest BCUT2D eigenvalue weighted by Crippen LogP contribution is 2.28. The summed E-state index contributed by atoms with van der Waals surface area (Å²) in [4.78, 5) is 12.1. The number of carbonyl (C=O) groups is 1. The van der Waals surface area contributed by atoms with E-state index in [2.05, 4.69) is 10.6 Å². The zero-order valence-corrected chi connectivity index (χ0v) is 10.3. The minimum absolute atomic E-state index is 0.00807. The minimum atomic E-state index is 0.00807. The number of carbonyl (C=O) groups excluding carboxylic acids is 1. The Morgan fingerprint density at radius 2 is 2.17 bits per heavy atom. The number of ether oxygens (including phenoxy) is 1. The highest BCUT2D eigenvalue weighted by Gasteiger charge is 2.41. The van der Waals surface area contributed by atoms with Crippen molar-refractivity contribution in [3.8, 4) is 0 Å². The molecule has 2 aliphatic rings. The van der Waals surface area contributed by atoms with E-state index in [9.17, 15) is 4.79 Å². The summed E-state index contributed by atoms with van der Waals surface area (Å²) in [6, 6.07) is 9.98. The molecule has 3 atom stereocenters. The molecule has 2 fully saturated rings. The number of nitrogens with one attached hydrogen (secondary N) is 2. The van der Waals surface area contributed by atoms with Crippen molar-refractivity contribution in [2.45, 2.75) is 25.2 Å². The number of hydrogen-bond donors (Lipinski definition) is 2. The van der Waals surface area contributed by atoms with Gasteiger partial charge >= 0.3 is 0 Å². The fourth-order valence-corrected chi connectivity index (χ4v) is 2.73. The minimum Gasteiger partial charge on any atom is -0.371 e. The molecular formula is C14H18N2O2. The van der Waals surface area contributed by atoms with Crippen LogP contribution in [0.15, 0.2) is 30.3 Å². The van der Waals surface area contributed by atoms with Gasteiger partial charge in [-0.25, -0.2) is 0 Å². The van der Waals surface area contributed by atoms with Crippen molar-refractivity contribution < 1.29 is 9.53 Å². The molecule has 0 spiro atoms. The first-order valence-electron chi connectivity index (χ1n) is 6.51. The van der Waals surface area contributed by atoms with Crippen LogP contribution in [-0.2, 0) is 16.1 Å². The van der Waals surface area contributed by atoms with Crippen molar-refractivity contribution in [3.05, 3.63) is 35.9 Å². The Kier molecular flexibility index (Phi) is 3.30. The van der Waals surface area contributed by atoms with E-state index in [4.69, 9.17) is 4.74 Å². The number of rotatable bonds is 3. The summed E-state index contributed by atoms with van der Waals surface area (Å²) in [7, 11) is 0. The van der Waals surface area contributed by atoms with Crippen LogP contribution in [0.25, 0.3) is 0 Å². The number of fused-ring (bicyclic) bond motifs is 2. The fraction of sp³-hybridized carbons (Fsp3) is 0.500. The Morgan fingerprint density at radius 3 is 2.94 bits per heavy atom. The van der Waals surface area contributed by atoms with Crippen molar-refractivity contribution in [2.75, 3.05) is 13.1 Å². The van der Waals surface area contributed by atoms with Crippen LogP contribution in [0, 0.1) is 5.92 Å². The predicted molar refractivity (Wildman–Crippen MR) is 67.9 cm³/mol. The van der Waals surface area contributed by atoms with E-state index in [0.717, 1.165) is 25.1 Å². The first kappa shape index (κ1) is 11.7. The average molecular weight is 246 g/mol. The topological polar surface area (TPSA) is 50.4 Å². The van der Waals surface area contributed by atoms with Crippen LogP contribution in [0.2, 0.25) is 0 Å². The fourth-order valence-electron chi connectivity index (χ4n) is 2.73. The zero-order chi connectivity index (χ0) is 12.4. The summed E-state index contributed by atoms with van der Waals surface area (Å²) >= 11 is 0. The first-order chi connectivity index (χ1) is 8.83. The highest BCUT2D eigenvalue weighted by molar-refractivity contribution is 5.79. The molecule has 2 bridgehead atoms. The van der Waals surface area contributed by atoms with E-state index < -0.39 is 0 Å². The van der Waals surface area contributed by atoms with Crippen LogP contribution in [0.1, 0.15) is 12.0 Å². The molecule has 1 aromatic carbocycles. The Bertz CT molecular complexity index is 421. The van der Waals surface area contributed by atoms with Gasteiger partial charge in [-0.3, -0.25) is 4.79 Å². The zero-order valence-electron chi connectivity index (χ0n) is 10.3. The van der Waals surface area contributed by atoms with Crippen LogP contribution in [0.4, 0.5) is 0 Å². The highest BCUT2D eigenvalue weighted by atomic mass is 16.5. The maximum Gasteiger partial charge on any atom is 0.226 e. The van der Waals surface area contributed by atoms with Gasteiger partial charge in [-0.15, -0.1) is 0 Å². The lowest BCUT2D eigenvalue weighted by molar-refractivity contribution is -0.127. The van der Waals surface area contributed by atoms with E-state index in [1.165, 1.54) is 0 Å². The molecule has 18 heavy (non-hydrogen) atoms. The molecule has 2 N–H and O–H groups in total. The second-order valence-corrected chi connectivity index (χ2v) is 5.00. The number of benzene rings is 1. The molecule has 0 unspecified atom stereocenters. The van der Waals surface area contributed by atoms with E-state index in [-0.39, 0.29) is 24.0 Å². The lowest BCUT2D eigenvalue weighted by Crippen LogP contribution is -2.42. The molecule has 0 radical (unpaired) electrons. The van der Waals surface area contributed by atoms with Gasteiger partial charge in [0.05, 0.1) is 18.1 Å². The number of amides is 1. The molecule has 3 rings (SSSR count). The second kappa shape index (κ2) is 5.08. The molecule has 0 saturated carbocycles. The van der Waals surface area contributed by atoms with Crippen molar-refractivity contribution in [1.82, 2.24) is 10.6 Å². The van der Waals surface area contributed by atoms with Gasteiger partial charge in [0.1, 0.15) is 0 Å².